The number of Topliss-reactive ketones (excluding diaryl/α,β-unsaturated/α-hetero) is 1. The summed E-state index contributed by atoms with van der Waals surface area (Å²) < 4.78 is 11.5. The predicted molar refractivity (Wildman–Crippen MR) is 134 cm³/mol. The molecule has 4 rings (SSSR count). The molecule has 0 radical (unpaired) electrons. The molecule has 6 atom stereocenters. The molecule has 2 saturated carbocycles. The summed E-state index contributed by atoms with van der Waals surface area (Å²) in [7, 11) is 0. The molecular weight excluding hydrogens is 440 g/mol. The minimum Gasteiger partial charge on any atom is -0.461 e. The van der Waals surface area contributed by atoms with Crippen molar-refractivity contribution in [3.63, 3.8) is 0 Å². The van der Waals surface area contributed by atoms with Gasteiger partial charge in [0, 0.05) is 19.8 Å². The van der Waals surface area contributed by atoms with E-state index in [1.54, 1.807) is 0 Å². The summed E-state index contributed by atoms with van der Waals surface area (Å²) >= 11 is 0. The molecule has 3 aliphatic rings. The monoisotopic (exact) mass is 478 g/mol. The van der Waals surface area contributed by atoms with Crippen LogP contribution >= 0.6 is 0 Å². The van der Waals surface area contributed by atoms with Crippen LogP contribution in [0.2, 0.25) is 0 Å². The quantitative estimate of drug-likeness (QED) is 0.404. The fourth-order valence-electron chi connectivity index (χ4n) is 6.83. The van der Waals surface area contributed by atoms with Gasteiger partial charge >= 0.3 is 11.9 Å². The predicted octanol–water partition coefficient (Wildman–Crippen LogP) is 5.80. The molecule has 0 N–H and O–H groups in total. The Morgan fingerprint density at radius 2 is 1.71 bits per heavy atom. The van der Waals surface area contributed by atoms with Gasteiger partial charge in [-0.3, -0.25) is 14.4 Å². The minimum atomic E-state index is -1.29. The molecule has 0 unspecified atom stereocenters. The Hall–Kier alpha value is -2.69. The minimum absolute atomic E-state index is 0.00800. The molecular formula is C30H38O5. The van der Waals surface area contributed by atoms with E-state index >= 15 is 0 Å². The molecule has 0 aliphatic heterocycles. The fraction of sp³-hybridized carbons (Fsp3) is 0.567. The standard InChI is InChI=1S/C30H38O5/c1-18-14-25-24(29(25,5)6)13-12-22(17-34-20(3)31)15-26-27(23-10-8-7-9-11-23)19(2)16-30(26,28(18)33)35-21(4)32/h7-11,14-15,19,24-27H,12-13,16-17H2,1-6H3/b18-14+,22-15+/t19-,24-,25+,26-,27+,30+/m0/s1. The molecule has 3 aliphatic carbocycles. The zero-order chi connectivity index (χ0) is 25.5. The van der Waals surface area contributed by atoms with Gasteiger partial charge in [0.05, 0.1) is 0 Å². The number of ketones is 1. The van der Waals surface area contributed by atoms with E-state index in [2.05, 4.69) is 45.1 Å². The summed E-state index contributed by atoms with van der Waals surface area (Å²) in [5, 5.41) is 0. The molecule has 0 amide bonds. The van der Waals surface area contributed by atoms with Crippen molar-refractivity contribution >= 4 is 17.7 Å². The van der Waals surface area contributed by atoms with E-state index in [-0.39, 0.29) is 41.5 Å². The Kier molecular flexibility index (Phi) is 6.82. The molecule has 0 heterocycles. The van der Waals surface area contributed by atoms with Gasteiger partial charge in [0.15, 0.2) is 5.60 Å². The molecule has 0 spiro atoms. The molecule has 0 bridgehead atoms. The Balaban J connectivity index is 1.89. The molecule has 0 aromatic heterocycles. The highest BCUT2D eigenvalue weighted by atomic mass is 16.6. The van der Waals surface area contributed by atoms with Gasteiger partial charge in [0.2, 0.25) is 5.78 Å². The van der Waals surface area contributed by atoms with E-state index in [1.807, 2.05) is 25.1 Å². The van der Waals surface area contributed by atoms with Gasteiger partial charge in [-0.25, -0.2) is 0 Å². The number of fused-ring (bicyclic) bond motifs is 2. The van der Waals surface area contributed by atoms with Gasteiger partial charge in [0.1, 0.15) is 6.61 Å². The van der Waals surface area contributed by atoms with Gasteiger partial charge in [-0.05, 0) is 72.0 Å². The summed E-state index contributed by atoms with van der Waals surface area (Å²) in [6.07, 6.45) is 6.42. The lowest BCUT2D eigenvalue weighted by atomic mass is 9.76. The van der Waals surface area contributed by atoms with E-state index < -0.39 is 11.6 Å². The lowest BCUT2D eigenvalue weighted by Gasteiger charge is -2.35. The second-order valence-electron chi connectivity index (χ2n) is 11.4. The van der Waals surface area contributed by atoms with Crippen LogP contribution in [-0.2, 0) is 23.9 Å². The van der Waals surface area contributed by atoms with Crippen molar-refractivity contribution < 1.29 is 23.9 Å². The number of hydrogen-bond donors (Lipinski definition) is 0. The van der Waals surface area contributed by atoms with E-state index in [0.717, 1.165) is 24.0 Å². The number of carbonyl (C=O) groups is 3. The zero-order valence-corrected chi connectivity index (χ0v) is 21.8. The topological polar surface area (TPSA) is 69.7 Å². The number of rotatable bonds is 4. The van der Waals surface area contributed by atoms with Gasteiger partial charge < -0.3 is 9.47 Å². The molecule has 188 valence electrons. The maximum atomic E-state index is 14.2. The normalized spacial score (nSPS) is 36.9. The van der Waals surface area contributed by atoms with E-state index in [0.29, 0.717) is 23.8 Å². The third-order valence-corrected chi connectivity index (χ3v) is 8.64. The Labute approximate surface area is 209 Å². The first-order chi connectivity index (χ1) is 16.5. The Bertz CT molecular complexity index is 1070. The van der Waals surface area contributed by atoms with Crippen LogP contribution in [0.3, 0.4) is 0 Å². The SMILES string of the molecule is CC(=O)OC/C1=C/[C@H]2[C@@H](c3ccccc3)[C@@H](C)C[C@]2(OC(C)=O)C(=O)/C(C)=C/[C@@H]2[C@H](CC1)C2(C)C. The molecule has 1 aromatic rings. The second kappa shape index (κ2) is 9.40. The second-order valence-corrected chi connectivity index (χ2v) is 11.4. The highest BCUT2D eigenvalue weighted by Crippen LogP contribution is 2.62. The number of allylic oxidation sites excluding steroid dienone is 1. The highest BCUT2D eigenvalue weighted by molar-refractivity contribution is 6.03. The van der Waals surface area contributed by atoms with Crippen molar-refractivity contribution in [2.75, 3.05) is 6.61 Å². The van der Waals surface area contributed by atoms with Gasteiger partial charge in [0.25, 0.3) is 0 Å². The van der Waals surface area contributed by atoms with E-state index in [1.165, 1.54) is 13.8 Å². The number of benzene rings is 1. The van der Waals surface area contributed by atoms with Crippen molar-refractivity contribution in [3.8, 4) is 0 Å². The van der Waals surface area contributed by atoms with Crippen LogP contribution in [0.15, 0.2) is 53.6 Å². The van der Waals surface area contributed by atoms with Crippen LogP contribution in [0, 0.1) is 29.1 Å². The van der Waals surface area contributed by atoms with Crippen molar-refractivity contribution in [2.24, 2.45) is 29.1 Å². The van der Waals surface area contributed by atoms with Gasteiger partial charge in [-0.1, -0.05) is 63.3 Å². The third-order valence-electron chi connectivity index (χ3n) is 8.64. The summed E-state index contributed by atoms with van der Waals surface area (Å²) in [5.74, 6) is -0.379. The Morgan fingerprint density at radius 1 is 1.03 bits per heavy atom. The summed E-state index contributed by atoms with van der Waals surface area (Å²) in [4.78, 5) is 38.4. The summed E-state index contributed by atoms with van der Waals surface area (Å²) in [5.41, 5.74) is 1.61. The number of esters is 2. The van der Waals surface area contributed by atoms with Gasteiger partial charge in [-0.15, -0.1) is 0 Å². The van der Waals surface area contributed by atoms with Crippen molar-refractivity contribution in [3.05, 3.63) is 59.2 Å². The third kappa shape index (κ3) is 4.74. The van der Waals surface area contributed by atoms with Crippen LogP contribution in [0.5, 0.6) is 0 Å². The first-order valence-corrected chi connectivity index (χ1v) is 12.8. The lowest BCUT2D eigenvalue weighted by Crippen LogP contribution is -2.47. The van der Waals surface area contributed by atoms with Crippen LogP contribution in [0.4, 0.5) is 0 Å². The first-order valence-electron chi connectivity index (χ1n) is 12.8. The van der Waals surface area contributed by atoms with Crippen LogP contribution in [0.1, 0.15) is 72.3 Å². The average Bonchev–Trinajstić information content (AvgIpc) is 3.17. The van der Waals surface area contributed by atoms with Gasteiger partial charge in [-0.2, -0.15) is 0 Å². The van der Waals surface area contributed by atoms with Crippen LogP contribution in [0.25, 0.3) is 0 Å². The zero-order valence-electron chi connectivity index (χ0n) is 21.8. The van der Waals surface area contributed by atoms with E-state index in [4.69, 9.17) is 9.47 Å². The number of carbonyl (C=O) groups excluding carboxylic acids is 3. The van der Waals surface area contributed by atoms with Crippen LogP contribution < -0.4 is 0 Å². The molecule has 5 nitrogen and oxygen atoms in total. The Morgan fingerprint density at radius 3 is 2.34 bits per heavy atom. The van der Waals surface area contributed by atoms with Crippen molar-refractivity contribution in [2.45, 2.75) is 72.3 Å². The molecule has 0 saturated heterocycles. The molecule has 2 fully saturated rings. The summed E-state index contributed by atoms with van der Waals surface area (Å²) in [6, 6.07) is 10.2. The lowest BCUT2D eigenvalue weighted by molar-refractivity contribution is -0.167. The highest BCUT2D eigenvalue weighted by Gasteiger charge is 2.60. The van der Waals surface area contributed by atoms with Crippen LogP contribution in [-0.4, -0.2) is 29.9 Å². The van der Waals surface area contributed by atoms with Crippen molar-refractivity contribution in [1.82, 2.24) is 0 Å². The fourth-order valence-corrected chi connectivity index (χ4v) is 6.83. The maximum Gasteiger partial charge on any atom is 0.303 e. The number of ether oxygens (including phenoxy) is 2. The van der Waals surface area contributed by atoms with E-state index in [9.17, 15) is 14.4 Å². The largest absolute Gasteiger partial charge is 0.461 e. The molecule has 35 heavy (non-hydrogen) atoms. The first kappa shape index (κ1) is 25.4. The molecule has 1 aromatic carbocycles. The summed E-state index contributed by atoms with van der Waals surface area (Å²) in [6.45, 7) is 11.5. The smallest absolute Gasteiger partial charge is 0.303 e. The maximum absolute atomic E-state index is 14.2. The number of hydrogen-bond acceptors (Lipinski definition) is 5. The molecule has 5 heteroatoms. The average molecular weight is 479 g/mol. The van der Waals surface area contributed by atoms with Crippen molar-refractivity contribution in [1.29, 1.82) is 0 Å².